The molecule has 3 fully saturated rings. The predicted molar refractivity (Wildman–Crippen MR) is 121 cm³/mol. The molecule has 0 amide bonds. The molecule has 0 bridgehead atoms. The topological polar surface area (TPSA) is 32.8 Å². The molecule has 2 saturated heterocycles. The van der Waals surface area contributed by atoms with Crippen molar-refractivity contribution >= 4 is 11.7 Å². The number of nitrogens with zero attached hydrogens (tertiary/aromatic N) is 2. The van der Waals surface area contributed by atoms with E-state index in [1.807, 2.05) is 0 Å². The first-order valence-corrected chi connectivity index (χ1v) is 11.6. The summed E-state index contributed by atoms with van der Waals surface area (Å²) < 4.78 is 5.77. The van der Waals surface area contributed by atoms with Crippen LogP contribution in [0.25, 0.3) is 11.1 Å². The van der Waals surface area contributed by atoms with Crippen LogP contribution < -0.4 is 4.90 Å². The number of carbonyl (C=O) groups is 1. The molecule has 2 aromatic carbocycles. The van der Waals surface area contributed by atoms with Crippen LogP contribution in [-0.2, 0) is 9.53 Å². The zero-order valence-electron chi connectivity index (χ0n) is 17.8. The molecule has 2 aliphatic heterocycles. The summed E-state index contributed by atoms with van der Waals surface area (Å²) in [5, 5.41) is 0. The maximum Gasteiger partial charge on any atom is 0.312 e. The van der Waals surface area contributed by atoms with Crippen LogP contribution in [0.3, 0.4) is 0 Å². The average molecular weight is 405 g/mol. The second-order valence-electron chi connectivity index (χ2n) is 9.22. The van der Waals surface area contributed by atoms with Crippen molar-refractivity contribution in [2.24, 2.45) is 5.41 Å². The summed E-state index contributed by atoms with van der Waals surface area (Å²) in [6.45, 7) is 5.24. The van der Waals surface area contributed by atoms with E-state index in [0.29, 0.717) is 0 Å². The first-order chi connectivity index (χ1) is 14.7. The Balaban J connectivity index is 1.16. The minimum absolute atomic E-state index is 0.0901. The Kier molecular flexibility index (Phi) is 5.51. The molecule has 4 nitrogen and oxygen atoms in total. The Bertz CT molecular complexity index is 868. The quantitative estimate of drug-likeness (QED) is 0.674. The van der Waals surface area contributed by atoms with Gasteiger partial charge in [-0.3, -0.25) is 9.69 Å². The van der Waals surface area contributed by atoms with Gasteiger partial charge in [-0.05, 0) is 30.9 Å². The summed E-state index contributed by atoms with van der Waals surface area (Å²) in [4.78, 5) is 17.4. The van der Waals surface area contributed by atoms with Crippen LogP contribution in [0.15, 0.2) is 54.6 Å². The van der Waals surface area contributed by atoms with E-state index in [2.05, 4.69) is 64.4 Å². The van der Waals surface area contributed by atoms with Crippen LogP contribution in [0.4, 0.5) is 5.69 Å². The van der Waals surface area contributed by atoms with Crippen molar-refractivity contribution in [1.82, 2.24) is 4.90 Å². The van der Waals surface area contributed by atoms with Gasteiger partial charge in [0.2, 0.25) is 0 Å². The number of carbonyl (C=O) groups excluding carboxylic acids is 1. The molecule has 2 aromatic rings. The van der Waals surface area contributed by atoms with Crippen LogP contribution in [0.1, 0.15) is 38.5 Å². The first kappa shape index (κ1) is 19.6. The van der Waals surface area contributed by atoms with E-state index < -0.39 is 0 Å². The van der Waals surface area contributed by atoms with E-state index >= 15 is 0 Å². The third-order valence-electron chi connectivity index (χ3n) is 7.35. The number of rotatable bonds is 5. The molecule has 0 N–H and O–H groups in total. The van der Waals surface area contributed by atoms with Gasteiger partial charge in [0.05, 0.1) is 5.41 Å². The number of cyclic esters (lactones) is 1. The van der Waals surface area contributed by atoms with Gasteiger partial charge in [-0.25, -0.2) is 0 Å². The van der Waals surface area contributed by atoms with E-state index in [9.17, 15) is 4.79 Å². The molecule has 0 aromatic heterocycles. The monoisotopic (exact) mass is 404 g/mol. The van der Waals surface area contributed by atoms with Gasteiger partial charge >= 0.3 is 5.97 Å². The maximum absolute atomic E-state index is 12.4. The number of esters is 1. The van der Waals surface area contributed by atoms with Gasteiger partial charge in [0, 0.05) is 50.4 Å². The summed E-state index contributed by atoms with van der Waals surface area (Å²) in [6, 6.07) is 19.4. The lowest BCUT2D eigenvalue weighted by Gasteiger charge is -2.37. The molecule has 158 valence electrons. The fourth-order valence-electron chi connectivity index (χ4n) is 5.61. The number of para-hydroxylation sites is 1. The number of hydrogen-bond donors (Lipinski definition) is 0. The molecule has 3 aliphatic rings. The predicted octanol–water partition coefficient (Wildman–Crippen LogP) is 4.74. The van der Waals surface area contributed by atoms with E-state index in [4.69, 9.17) is 4.74 Å². The second kappa shape index (κ2) is 8.43. The van der Waals surface area contributed by atoms with Gasteiger partial charge in [-0.15, -0.1) is 0 Å². The van der Waals surface area contributed by atoms with Crippen molar-refractivity contribution in [2.75, 3.05) is 37.6 Å². The van der Waals surface area contributed by atoms with Crippen molar-refractivity contribution in [3.8, 4) is 11.1 Å². The number of anilines is 1. The minimum atomic E-state index is -0.121. The average Bonchev–Trinajstić information content (AvgIpc) is 3.40. The Morgan fingerprint density at radius 3 is 2.37 bits per heavy atom. The van der Waals surface area contributed by atoms with Gasteiger partial charge in [-0.1, -0.05) is 61.4 Å². The van der Waals surface area contributed by atoms with Gasteiger partial charge in [0.25, 0.3) is 0 Å². The van der Waals surface area contributed by atoms with Crippen molar-refractivity contribution in [3.63, 3.8) is 0 Å². The molecule has 1 saturated carbocycles. The van der Waals surface area contributed by atoms with Crippen LogP contribution >= 0.6 is 0 Å². The van der Waals surface area contributed by atoms with E-state index in [1.54, 1.807) is 0 Å². The summed E-state index contributed by atoms with van der Waals surface area (Å²) in [7, 11) is 0. The highest BCUT2D eigenvalue weighted by Gasteiger charge is 2.50. The van der Waals surface area contributed by atoms with Crippen molar-refractivity contribution in [2.45, 2.75) is 44.6 Å². The number of benzene rings is 2. The van der Waals surface area contributed by atoms with Crippen LogP contribution in [0.5, 0.6) is 0 Å². The van der Waals surface area contributed by atoms with Gasteiger partial charge in [0.1, 0.15) is 6.10 Å². The second-order valence-corrected chi connectivity index (χ2v) is 9.22. The lowest BCUT2D eigenvalue weighted by Crippen LogP contribution is -2.47. The molecule has 1 aliphatic carbocycles. The molecule has 1 spiro atoms. The zero-order chi connectivity index (χ0) is 20.4. The number of ether oxygens (including phenoxy) is 1. The molecule has 0 unspecified atom stereocenters. The standard InChI is InChI=1S/C26H32N2O2/c29-25-26(13-6-7-14-26)20-22(30-25)12-15-27-16-18-28(19-17-27)24-11-5-4-10-23(24)21-8-2-1-3-9-21/h1-5,8-11,22H,6-7,12-20H2/t22-/m1/s1. The number of piperazine rings is 1. The van der Waals surface area contributed by atoms with Gasteiger partial charge in [0.15, 0.2) is 0 Å². The fourth-order valence-corrected chi connectivity index (χ4v) is 5.61. The largest absolute Gasteiger partial charge is 0.462 e. The van der Waals surface area contributed by atoms with Crippen LogP contribution in [0, 0.1) is 5.41 Å². The third-order valence-corrected chi connectivity index (χ3v) is 7.35. The minimum Gasteiger partial charge on any atom is -0.462 e. The number of hydrogen-bond acceptors (Lipinski definition) is 4. The summed E-state index contributed by atoms with van der Waals surface area (Å²) in [6.07, 6.45) is 6.53. The van der Waals surface area contributed by atoms with Crippen LogP contribution in [-0.4, -0.2) is 49.7 Å². The highest BCUT2D eigenvalue weighted by atomic mass is 16.6. The molecular weight excluding hydrogens is 372 g/mol. The normalized spacial score (nSPS) is 23.8. The van der Waals surface area contributed by atoms with Crippen molar-refractivity contribution in [1.29, 1.82) is 0 Å². The first-order valence-electron chi connectivity index (χ1n) is 11.6. The fraction of sp³-hybridized carbons (Fsp3) is 0.500. The molecule has 0 radical (unpaired) electrons. The molecule has 1 atom stereocenters. The van der Waals surface area contributed by atoms with Crippen LogP contribution in [0.2, 0.25) is 0 Å². The highest BCUT2D eigenvalue weighted by molar-refractivity contribution is 5.79. The zero-order valence-corrected chi connectivity index (χ0v) is 17.8. The highest BCUT2D eigenvalue weighted by Crippen LogP contribution is 2.48. The Labute approximate surface area is 179 Å². The summed E-state index contributed by atoms with van der Waals surface area (Å²) in [5.74, 6) is 0.0901. The molecule has 2 heterocycles. The Hall–Kier alpha value is -2.33. The lowest BCUT2D eigenvalue weighted by atomic mass is 9.83. The SMILES string of the molecule is O=C1O[C@H](CCN2CCN(c3ccccc3-c3ccccc3)CC2)CC12CCCC2. The lowest BCUT2D eigenvalue weighted by molar-refractivity contribution is -0.148. The third kappa shape index (κ3) is 3.85. The smallest absolute Gasteiger partial charge is 0.312 e. The van der Waals surface area contributed by atoms with Crippen molar-refractivity contribution in [3.05, 3.63) is 54.6 Å². The molecule has 5 rings (SSSR count). The summed E-state index contributed by atoms with van der Waals surface area (Å²) in [5.41, 5.74) is 3.80. The van der Waals surface area contributed by atoms with Crippen molar-refractivity contribution < 1.29 is 9.53 Å². The van der Waals surface area contributed by atoms with Gasteiger partial charge < -0.3 is 9.64 Å². The maximum atomic E-state index is 12.4. The van der Waals surface area contributed by atoms with E-state index in [0.717, 1.165) is 58.4 Å². The Morgan fingerprint density at radius 1 is 0.900 bits per heavy atom. The van der Waals surface area contributed by atoms with E-state index in [-0.39, 0.29) is 17.5 Å². The van der Waals surface area contributed by atoms with Gasteiger partial charge in [-0.2, -0.15) is 0 Å². The summed E-state index contributed by atoms with van der Waals surface area (Å²) >= 11 is 0. The van der Waals surface area contributed by atoms with E-state index in [1.165, 1.54) is 29.7 Å². The molecule has 30 heavy (non-hydrogen) atoms. The Morgan fingerprint density at radius 2 is 1.60 bits per heavy atom. The molecular formula is C26H32N2O2. The molecule has 4 heteroatoms.